The Morgan fingerprint density at radius 3 is 2.42 bits per heavy atom. The van der Waals surface area contributed by atoms with Crippen LogP contribution in [-0.4, -0.2) is 24.0 Å². The van der Waals surface area contributed by atoms with Crippen molar-refractivity contribution in [1.82, 2.24) is 4.98 Å². The first kappa shape index (κ1) is 22.9. The lowest BCUT2D eigenvalue weighted by molar-refractivity contribution is -0.125. The Hall–Kier alpha value is -2.80. The van der Waals surface area contributed by atoms with E-state index in [2.05, 4.69) is 10.3 Å². The lowest BCUT2D eigenvalue weighted by atomic mass is 10.1. The fourth-order valence-electron chi connectivity index (χ4n) is 2.77. The smallest absolute Gasteiger partial charge is 0.359 e. The molecule has 0 radical (unpaired) electrons. The summed E-state index contributed by atoms with van der Waals surface area (Å²) in [4.78, 5) is 29.8. The summed E-state index contributed by atoms with van der Waals surface area (Å²) in [5.41, 5.74) is 1.56. The highest BCUT2D eigenvalue weighted by Gasteiger charge is 2.29. The maximum atomic E-state index is 13.1. The Morgan fingerprint density at radius 1 is 1.03 bits per heavy atom. The summed E-state index contributed by atoms with van der Waals surface area (Å²) in [5.74, 6) is -1.05. The number of hydrogen-bond acceptors (Lipinski definition) is 5. The molecule has 3 rings (SSSR count). The molecule has 6 nitrogen and oxygen atoms in total. The Labute approximate surface area is 194 Å². The van der Waals surface area contributed by atoms with Crippen molar-refractivity contribution in [3.8, 4) is 5.75 Å². The average Bonchev–Trinajstić information content (AvgIpc) is 2.76. The molecule has 9 heteroatoms. The van der Waals surface area contributed by atoms with Crippen molar-refractivity contribution in [3.63, 3.8) is 0 Å². The predicted octanol–water partition coefficient (Wildman–Crippen LogP) is 5.90. The Bertz CT molecular complexity index is 1120. The van der Waals surface area contributed by atoms with Crippen molar-refractivity contribution in [2.75, 3.05) is 12.4 Å². The third kappa shape index (κ3) is 5.28. The standard InChI is InChI=1S/C22H17Cl3N2O4/c1-12-8-9-16(30-2)15(10-12)27-21(28)20(13-6-4-3-5-7-13)31-22(29)19-18(25)17(24)14(23)11-26-19/h3-11,20H,1-2H3,(H,27,28)/t20-/m1/s1. The van der Waals surface area contributed by atoms with Gasteiger partial charge in [0.1, 0.15) is 5.75 Å². The van der Waals surface area contributed by atoms with Gasteiger partial charge in [0.25, 0.3) is 5.91 Å². The average molecular weight is 480 g/mol. The number of esters is 1. The van der Waals surface area contributed by atoms with Crippen LogP contribution in [0.1, 0.15) is 27.7 Å². The largest absolute Gasteiger partial charge is 0.495 e. The maximum Gasteiger partial charge on any atom is 0.359 e. The van der Waals surface area contributed by atoms with E-state index in [1.807, 2.05) is 13.0 Å². The van der Waals surface area contributed by atoms with Crippen LogP contribution in [0.2, 0.25) is 15.1 Å². The number of aryl methyl sites for hydroxylation is 1. The molecule has 0 spiro atoms. The zero-order chi connectivity index (χ0) is 22.5. The van der Waals surface area contributed by atoms with Gasteiger partial charge in [0.2, 0.25) is 6.10 Å². The van der Waals surface area contributed by atoms with E-state index in [0.29, 0.717) is 17.0 Å². The summed E-state index contributed by atoms with van der Waals surface area (Å²) in [6.07, 6.45) is -0.104. The lowest BCUT2D eigenvalue weighted by Gasteiger charge is -2.19. The van der Waals surface area contributed by atoms with Crippen molar-refractivity contribution in [3.05, 3.63) is 86.6 Å². The summed E-state index contributed by atoms with van der Waals surface area (Å²) < 4.78 is 10.8. The number of methoxy groups -OCH3 is 1. The Kier molecular flexibility index (Phi) is 7.38. The molecule has 0 aliphatic carbocycles. The molecule has 0 fully saturated rings. The van der Waals surface area contributed by atoms with Crippen LogP contribution in [0.3, 0.4) is 0 Å². The fourth-order valence-corrected chi connectivity index (χ4v) is 3.32. The predicted molar refractivity (Wildman–Crippen MR) is 120 cm³/mol. The molecule has 0 bridgehead atoms. The van der Waals surface area contributed by atoms with Gasteiger partial charge in [-0.2, -0.15) is 0 Å². The molecule has 1 amide bonds. The van der Waals surface area contributed by atoms with Crippen LogP contribution in [0, 0.1) is 6.92 Å². The van der Waals surface area contributed by atoms with Crippen molar-refractivity contribution in [2.24, 2.45) is 0 Å². The fraction of sp³-hybridized carbons (Fsp3) is 0.136. The van der Waals surface area contributed by atoms with Crippen LogP contribution in [0.4, 0.5) is 5.69 Å². The van der Waals surface area contributed by atoms with Crippen molar-refractivity contribution in [2.45, 2.75) is 13.0 Å². The summed E-state index contributed by atoms with van der Waals surface area (Å²) in [5, 5.41) is 2.65. The minimum Gasteiger partial charge on any atom is -0.495 e. The number of halogens is 3. The second-order valence-electron chi connectivity index (χ2n) is 6.47. The van der Waals surface area contributed by atoms with Gasteiger partial charge >= 0.3 is 5.97 Å². The van der Waals surface area contributed by atoms with Crippen molar-refractivity contribution < 1.29 is 19.1 Å². The zero-order valence-corrected chi connectivity index (χ0v) is 18.8. The van der Waals surface area contributed by atoms with E-state index in [-0.39, 0.29) is 20.8 Å². The normalized spacial score (nSPS) is 11.5. The molecule has 0 aliphatic rings. The van der Waals surface area contributed by atoms with Gasteiger partial charge in [0, 0.05) is 11.8 Å². The van der Waals surface area contributed by atoms with E-state index in [4.69, 9.17) is 44.3 Å². The third-order valence-corrected chi connectivity index (χ3v) is 5.53. The van der Waals surface area contributed by atoms with E-state index < -0.39 is 18.0 Å². The molecule has 1 heterocycles. The minimum absolute atomic E-state index is 0.0320. The van der Waals surface area contributed by atoms with Crippen molar-refractivity contribution in [1.29, 1.82) is 0 Å². The number of aromatic nitrogens is 1. The maximum absolute atomic E-state index is 13.1. The number of amides is 1. The first-order valence-corrected chi connectivity index (χ1v) is 10.2. The summed E-state index contributed by atoms with van der Waals surface area (Å²) in [6.45, 7) is 1.88. The number of ether oxygens (including phenoxy) is 2. The zero-order valence-electron chi connectivity index (χ0n) is 16.5. The van der Waals surface area contributed by atoms with Gasteiger partial charge in [-0.1, -0.05) is 71.2 Å². The SMILES string of the molecule is COc1ccc(C)cc1NC(=O)[C@H](OC(=O)c1ncc(Cl)c(Cl)c1Cl)c1ccccc1. The van der Waals surface area contributed by atoms with E-state index in [0.717, 1.165) is 5.56 Å². The van der Waals surface area contributed by atoms with Crippen LogP contribution in [-0.2, 0) is 9.53 Å². The highest BCUT2D eigenvalue weighted by molar-refractivity contribution is 6.48. The van der Waals surface area contributed by atoms with Crippen LogP contribution in [0.25, 0.3) is 0 Å². The molecule has 3 aromatic rings. The third-order valence-electron chi connectivity index (χ3n) is 4.29. The highest BCUT2D eigenvalue weighted by atomic mass is 35.5. The Balaban J connectivity index is 1.93. The van der Waals surface area contributed by atoms with Crippen molar-refractivity contribution >= 4 is 52.4 Å². The first-order chi connectivity index (χ1) is 14.8. The summed E-state index contributed by atoms with van der Waals surface area (Å²) in [7, 11) is 1.49. The molecule has 31 heavy (non-hydrogen) atoms. The van der Waals surface area contributed by atoms with Crippen LogP contribution < -0.4 is 10.1 Å². The minimum atomic E-state index is -1.29. The number of hydrogen-bond donors (Lipinski definition) is 1. The number of benzene rings is 2. The number of pyridine rings is 1. The van der Waals surface area contributed by atoms with Gasteiger partial charge in [0.15, 0.2) is 5.69 Å². The van der Waals surface area contributed by atoms with Crippen LogP contribution in [0.15, 0.2) is 54.7 Å². The molecule has 160 valence electrons. The Morgan fingerprint density at radius 2 is 1.74 bits per heavy atom. The van der Waals surface area contributed by atoms with E-state index >= 15 is 0 Å². The van der Waals surface area contributed by atoms with Gasteiger partial charge in [-0.05, 0) is 24.6 Å². The molecule has 0 saturated heterocycles. The van der Waals surface area contributed by atoms with Crippen LogP contribution in [0.5, 0.6) is 5.75 Å². The molecular formula is C22H17Cl3N2O4. The monoisotopic (exact) mass is 478 g/mol. The quantitative estimate of drug-likeness (QED) is 0.446. The molecule has 1 atom stereocenters. The van der Waals surface area contributed by atoms with E-state index in [1.165, 1.54) is 13.3 Å². The van der Waals surface area contributed by atoms with E-state index in [1.54, 1.807) is 42.5 Å². The second kappa shape index (κ2) is 10.0. The first-order valence-electron chi connectivity index (χ1n) is 9.02. The molecule has 1 N–H and O–H groups in total. The molecular weight excluding hydrogens is 463 g/mol. The van der Waals surface area contributed by atoms with E-state index in [9.17, 15) is 9.59 Å². The van der Waals surface area contributed by atoms with Gasteiger partial charge in [0.05, 0.1) is 27.9 Å². The lowest BCUT2D eigenvalue weighted by Crippen LogP contribution is -2.26. The number of nitrogens with one attached hydrogen (secondary N) is 1. The summed E-state index contributed by atoms with van der Waals surface area (Å²) >= 11 is 18.0. The van der Waals surface area contributed by atoms with Crippen LogP contribution >= 0.6 is 34.8 Å². The molecule has 0 saturated carbocycles. The van der Waals surface area contributed by atoms with Gasteiger partial charge in [-0.3, -0.25) is 4.79 Å². The number of carbonyl (C=O) groups is 2. The number of anilines is 1. The number of rotatable bonds is 6. The topological polar surface area (TPSA) is 77.5 Å². The van der Waals surface area contributed by atoms with Gasteiger partial charge in [-0.25, -0.2) is 9.78 Å². The molecule has 0 unspecified atom stereocenters. The molecule has 1 aromatic heterocycles. The van der Waals surface area contributed by atoms with Gasteiger partial charge in [-0.15, -0.1) is 0 Å². The molecule has 2 aromatic carbocycles. The summed E-state index contributed by atoms with van der Waals surface area (Å²) in [6, 6.07) is 13.9. The molecule has 0 aliphatic heterocycles. The highest BCUT2D eigenvalue weighted by Crippen LogP contribution is 2.33. The second-order valence-corrected chi connectivity index (χ2v) is 7.63. The number of carbonyl (C=O) groups excluding carboxylic acids is 2. The number of nitrogens with zero attached hydrogens (tertiary/aromatic N) is 1. The van der Waals surface area contributed by atoms with Gasteiger partial charge < -0.3 is 14.8 Å².